The molecule has 0 saturated heterocycles. The van der Waals surface area contributed by atoms with Gasteiger partial charge in [0.25, 0.3) is 0 Å². The predicted octanol–water partition coefficient (Wildman–Crippen LogP) is 3.98. The Bertz CT molecular complexity index is 907. The van der Waals surface area contributed by atoms with Crippen LogP contribution in [0, 0.1) is 18.3 Å². The second kappa shape index (κ2) is 13.0. The molecule has 0 heterocycles. The van der Waals surface area contributed by atoms with Crippen molar-refractivity contribution in [2.75, 3.05) is 27.4 Å². The highest BCUT2D eigenvalue weighted by Gasteiger charge is 2.22. The molecule has 1 aliphatic rings. The van der Waals surface area contributed by atoms with Crippen molar-refractivity contribution in [3.05, 3.63) is 53.6 Å². The standard InChI is InChI=1S/C24H29N3O3.HI/c1-4-13-29-23-14-19(11-12-22(23)28-3)15-26-24(25-2)27-16-20-7-5-6-8-21(20)30-17-18-9-10-18;/h1,5-8,11-12,14,18H,9-10,13,15-17H2,2-3H3,(H2,25,26,27);1H. The van der Waals surface area contributed by atoms with Crippen molar-refractivity contribution in [3.63, 3.8) is 0 Å². The fraction of sp³-hybridized carbons (Fsp3) is 0.375. The lowest BCUT2D eigenvalue weighted by atomic mass is 10.2. The zero-order valence-electron chi connectivity index (χ0n) is 18.0. The summed E-state index contributed by atoms with van der Waals surface area (Å²) in [4.78, 5) is 4.31. The Balaban J connectivity index is 0.00000341. The van der Waals surface area contributed by atoms with Crippen molar-refractivity contribution in [1.29, 1.82) is 0 Å². The van der Waals surface area contributed by atoms with Gasteiger partial charge in [-0.3, -0.25) is 4.99 Å². The number of methoxy groups -OCH3 is 1. The normalized spacial score (nSPS) is 12.9. The number of ether oxygens (including phenoxy) is 3. The van der Waals surface area contributed by atoms with Crippen LogP contribution < -0.4 is 24.8 Å². The first kappa shape index (κ1) is 24.7. The first-order valence-electron chi connectivity index (χ1n) is 10.1. The Morgan fingerprint density at radius 3 is 2.55 bits per heavy atom. The highest BCUT2D eigenvalue weighted by molar-refractivity contribution is 14.0. The molecule has 2 aromatic rings. The fourth-order valence-corrected chi connectivity index (χ4v) is 2.93. The molecule has 166 valence electrons. The number of hydrogen-bond donors (Lipinski definition) is 2. The first-order valence-corrected chi connectivity index (χ1v) is 10.1. The summed E-state index contributed by atoms with van der Waals surface area (Å²) in [5.41, 5.74) is 2.13. The van der Waals surface area contributed by atoms with Gasteiger partial charge in [0, 0.05) is 25.7 Å². The molecule has 0 spiro atoms. The van der Waals surface area contributed by atoms with Crippen LogP contribution in [0.25, 0.3) is 0 Å². The molecule has 7 heteroatoms. The Morgan fingerprint density at radius 1 is 1.06 bits per heavy atom. The molecule has 6 nitrogen and oxygen atoms in total. The molecule has 0 radical (unpaired) electrons. The van der Waals surface area contributed by atoms with Crippen molar-refractivity contribution in [3.8, 4) is 29.6 Å². The van der Waals surface area contributed by atoms with Crippen LogP contribution in [0.1, 0.15) is 24.0 Å². The summed E-state index contributed by atoms with van der Waals surface area (Å²) < 4.78 is 16.9. The molecule has 1 aliphatic carbocycles. The third kappa shape index (κ3) is 7.87. The minimum absolute atomic E-state index is 0. The predicted molar refractivity (Wildman–Crippen MR) is 134 cm³/mol. The van der Waals surface area contributed by atoms with Gasteiger partial charge in [0.15, 0.2) is 17.5 Å². The van der Waals surface area contributed by atoms with Gasteiger partial charge in [0.1, 0.15) is 12.4 Å². The van der Waals surface area contributed by atoms with Gasteiger partial charge in [0.05, 0.1) is 13.7 Å². The van der Waals surface area contributed by atoms with Crippen LogP contribution >= 0.6 is 24.0 Å². The molecular weight excluding hydrogens is 505 g/mol. The second-order valence-electron chi connectivity index (χ2n) is 7.12. The van der Waals surface area contributed by atoms with Crippen LogP contribution in [0.5, 0.6) is 17.2 Å². The third-order valence-corrected chi connectivity index (χ3v) is 4.81. The van der Waals surface area contributed by atoms with Crippen molar-refractivity contribution in [2.45, 2.75) is 25.9 Å². The van der Waals surface area contributed by atoms with E-state index < -0.39 is 0 Å². The molecule has 1 fully saturated rings. The van der Waals surface area contributed by atoms with E-state index in [4.69, 9.17) is 20.6 Å². The van der Waals surface area contributed by atoms with E-state index in [1.54, 1.807) is 14.2 Å². The lowest BCUT2D eigenvalue weighted by molar-refractivity contribution is 0.296. The maximum Gasteiger partial charge on any atom is 0.191 e. The Morgan fingerprint density at radius 2 is 1.84 bits per heavy atom. The van der Waals surface area contributed by atoms with Crippen LogP contribution in [-0.4, -0.2) is 33.3 Å². The lowest BCUT2D eigenvalue weighted by Crippen LogP contribution is -2.36. The Labute approximate surface area is 201 Å². The highest BCUT2D eigenvalue weighted by atomic mass is 127. The van der Waals surface area contributed by atoms with E-state index >= 15 is 0 Å². The lowest BCUT2D eigenvalue weighted by Gasteiger charge is -2.15. The van der Waals surface area contributed by atoms with Gasteiger partial charge in [-0.2, -0.15) is 0 Å². The topological polar surface area (TPSA) is 64.1 Å². The molecule has 3 rings (SSSR count). The molecule has 0 atom stereocenters. The first-order chi connectivity index (χ1) is 14.7. The number of nitrogens with one attached hydrogen (secondary N) is 2. The molecule has 0 aromatic heterocycles. The molecule has 0 amide bonds. The quantitative estimate of drug-likeness (QED) is 0.209. The fourth-order valence-electron chi connectivity index (χ4n) is 2.93. The molecule has 0 bridgehead atoms. The van der Waals surface area contributed by atoms with Crippen LogP contribution in [0.4, 0.5) is 0 Å². The van der Waals surface area contributed by atoms with E-state index in [-0.39, 0.29) is 30.6 Å². The number of hydrogen-bond acceptors (Lipinski definition) is 4. The van der Waals surface area contributed by atoms with Crippen molar-refractivity contribution in [1.82, 2.24) is 10.6 Å². The van der Waals surface area contributed by atoms with Crippen molar-refractivity contribution >= 4 is 29.9 Å². The van der Waals surface area contributed by atoms with E-state index in [0.717, 1.165) is 29.4 Å². The van der Waals surface area contributed by atoms with E-state index in [2.05, 4.69) is 27.6 Å². The number of aliphatic imine (C=N–C) groups is 1. The van der Waals surface area contributed by atoms with Crippen LogP contribution in [0.2, 0.25) is 0 Å². The van der Waals surface area contributed by atoms with Gasteiger partial charge in [-0.1, -0.05) is 30.2 Å². The van der Waals surface area contributed by atoms with Crippen molar-refractivity contribution < 1.29 is 14.2 Å². The summed E-state index contributed by atoms with van der Waals surface area (Å²) in [6.07, 6.45) is 7.84. The van der Waals surface area contributed by atoms with Crippen LogP contribution in [0.3, 0.4) is 0 Å². The highest BCUT2D eigenvalue weighted by Crippen LogP contribution is 2.30. The minimum Gasteiger partial charge on any atom is -0.493 e. The third-order valence-electron chi connectivity index (χ3n) is 4.81. The van der Waals surface area contributed by atoms with E-state index in [1.807, 2.05) is 36.4 Å². The summed E-state index contributed by atoms with van der Waals surface area (Å²) in [5, 5.41) is 6.67. The van der Waals surface area contributed by atoms with Crippen LogP contribution in [0.15, 0.2) is 47.5 Å². The Kier molecular flexibility index (Phi) is 10.3. The molecule has 2 aromatic carbocycles. The van der Waals surface area contributed by atoms with Gasteiger partial charge in [-0.05, 0) is 42.5 Å². The number of rotatable bonds is 10. The summed E-state index contributed by atoms with van der Waals surface area (Å²) >= 11 is 0. The summed E-state index contributed by atoms with van der Waals surface area (Å²) in [6, 6.07) is 13.9. The van der Waals surface area contributed by atoms with Gasteiger partial charge >= 0.3 is 0 Å². The average Bonchev–Trinajstić information content (AvgIpc) is 3.61. The molecule has 2 N–H and O–H groups in total. The van der Waals surface area contributed by atoms with Crippen molar-refractivity contribution in [2.24, 2.45) is 10.9 Å². The molecule has 1 saturated carbocycles. The largest absolute Gasteiger partial charge is 0.493 e. The van der Waals surface area contributed by atoms with E-state index in [9.17, 15) is 0 Å². The number of guanidine groups is 1. The smallest absolute Gasteiger partial charge is 0.191 e. The maximum absolute atomic E-state index is 5.98. The number of terminal acetylenes is 1. The Hall–Kier alpha value is -2.60. The SMILES string of the molecule is C#CCOc1cc(CNC(=NC)NCc2ccccc2OCC2CC2)ccc1OC.I. The van der Waals surface area contributed by atoms with Crippen LogP contribution in [-0.2, 0) is 13.1 Å². The van der Waals surface area contributed by atoms with E-state index in [0.29, 0.717) is 30.5 Å². The summed E-state index contributed by atoms with van der Waals surface area (Å²) in [5.74, 6) is 6.10. The minimum atomic E-state index is 0. The molecule has 0 unspecified atom stereocenters. The van der Waals surface area contributed by atoms with Gasteiger partial charge in [-0.25, -0.2) is 0 Å². The molecule has 0 aliphatic heterocycles. The summed E-state index contributed by atoms with van der Waals surface area (Å²) in [6.45, 7) is 2.19. The van der Waals surface area contributed by atoms with E-state index in [1.165, 1.54) is 12.8 Å². The maximum atomic E-state index is 5.98. The number of nitrogens with zero attached hydrogens (tertiary/aromatic N) is 1. The van der Waals surface area contributed by atoms with Gasteiger partial charge in [0.2, 0.25) is 0 Å². The monoisotopic (exact) mass is 535 g/mol. The number of halogens is 1. The van der Waals surface area contributed by atoms with Gasteiger partial charge in [-0.15, -0.1) is 30.4 Å². The molecule has 31 heavy (non-hydrogen) atoms. The van der Waals surface area contributed by atoms with Gasteiger partial charge < -0.3 is 24.8 Å². The number of para-hydroxylation sites is 1. The molecular formula is C24H30IN3O3. The number of benzene rings is 2. The second-order valence-corrected chi connectivity index (χ2v) is 7.12. The average molecular weight is 535 g/mol. The zero-order chi connectivity index (χ0) is 21.2. The summed E-state index contributed by atoms with van der Waals surface area (Å²) in [7, 11) is 3.36. The zero-order valence-corrected chi connectivity index (χ0v) is 20.3.